The minimum atomic E-state index is -0.599. The summed E-state index contributed by atoms with van der Waals surface area (Å²) in [6.45, 7) is 8.09. The molecule has 24 heavy (non-hydrogen) atoms. The van der Waals surface area contributed by atoms with E-state index >= 15 is 0 Å². The van der Waals surface area contributed by atoms with Crippen LogP contribution in [-0.4, -0.2) is 51.1 Å². The lowest BCUT2D eigenvalue weighted by molar-refractivity contribution is -0.945. The predicted octanol–water partition coefficient (Wildman–Crippen LogP) is -1.45. The molecule has 2 amide bonds. The first-order chi connectivity index (χ1) is 11.7. The highest BCUT2D eigenvalue weighted by molar-refractivity contribution is 6.39. The summed E-state index contributed by atoms with van der Waals surface area (Å²) in [5.41, 5.74) is 1.91. The molecule has 1 aliphatic heterocycles. The molecule has 1 aliphatic rings. The van der Waals surface area contributed by atoms with Gasteiger partial charge < -0.3 is 20.9 Å². The second-order valence-corrected chi connectivity index (χ2v) is 6.38. The smallest absolute Gasteiger partial charge is 0.313 e. The second kappa shape index (κ2) is 10.1. The van der Waals surface area contributed by atoms with Crippen molar-refractivity contribution in [2.24, 2.45) is 0 Å². The molecule has 0 bridgehead atoms. The van der Waals surface area contributed by atoms with Crippen LogP contribution in [0.4, 0.5) is 5.69 Å². The van der Waals surface area contributed by atoms with Gasteiger partial charge in [-0.05, 0) is 30.5 Å². The van der Waals surface area contributed by atoms with Crippen molar-refractivity contribution in [3.8, 4) is 0 Å². The molecule has 0 aromatic heterocycles. The summed E-state index contributed by atoms with van der Waals surface area (Å²) in [4.78, 5) is 25.3. The topological polar surface area (TPSA) is 79.2 Å². The second-order valence-electron chi connectivity index (χ2n) is 6.38. The van der Waals surface area contributed by atoms with Crippen LogP contribution < -0.4 is 20.9 Å². The molecule has 0 unspecified atom stereocenters. The number of amides is 2. The number of piperazine rings is 1. The summed E-state index contributed by atoms with van der Waals surface area (Å²) in [6.07, 6.45) is 3.36. The molecule has 0 atom stereocenters. The van der Waals surface area contributed by atoms with Crippen LogP contribution in [0, 0.1) is 0 Å². The van der Waals surface area contributed by atoms with Crippen molar-refractivity contribution in [2.45, 2.75) is 26.2 Å². The van der Waals surface area contributed by atoms with Gasteiger partial charge in [-0.25, -0.2) is 0 Å². The van der Waals surface area contributed by atoms with Crippen LogP contribution in [0.2, 0.25) is 0 Å². The van der Waals surface area contributed by atoms with Crippen LogP contribution >= 0.6 is 0 Å². The zero-order valence-electron chi connectivity index (χ0n) is 14.6. The summed E-state index contributed by atoms with van der Waals surface area (Å²) >= 11 is 0. The first kappa shape index (κ1) is 18.4. The number of unbranched alkanes of at least 4 members (excludes halogenated alkanes) is 1. The van der Waals surface area contributed by atoms with Crippen molar-refractivity contribution in [2.75, 3.05) is 44.6 Å². The number of anilines is 1. The lowest BCUT2D eigenvalue weighted by atomic mass is 10.1. The fraction of sp³-hybridized carbons (Fsp3) is 0.556. The van der Waals surface area contributed by atoms with Gasteiger partial charge in [0.2, 0.25) is 0 Å². The average molecular weight is 334 g/mol. The fourth-order valence-corrected chi connectivity index (χ4v) is 2.89. The number of rotatable bonds is 7. The summed E-state index contributed by atoms with van der Waals surface area (Å²) in [7, 11) is 0. The van der Waals surface area contributed by atoms with E-state index in [0.29, 0.717) is 12.2 Å². The molecule has 0 aliphatic carbocycles. The number of aryl methyl sites for hydroxylation is 1. The minimum Gasteiger partial charge on any atom is -0.342 e. The van der Waals surface area contributed by atoms with Gasteiger partial charge in [0, 0.05) is 5.69 Å². The number of quaternary nitrogens is 2. The van der Waals surface area contributed by atoms with Crippen LogP contribution in [0.25, 0.3) is 0 Å². The monoisotopic (exact) mass is 334 g/mol. The number of hydrogen-bond donors (Lipinski definition) is 4. The highest BCUT2D eigenvalue weighted by Gasteiger charge is 2.17. The van der Waals surface area contributed by atoms with Gasteiger partial charge in [0.1, 0.15) is 26.2 Å². The zero-order chi connectivity index (χ0) is 17.2. The van der Waals surface area contributed by atoms with E-state index in [2.05, 4.69) is 22.9 Å². The summed E-state index contributed by atoms with van der Waals surface area (Å²) in [6, 6.07) is 7.70. The molecule has 1 aromatic rings. The molecule has 132 valence electrons. The fourth-order valence-electron chi connectivity index (χ4n) is 2.89. The number of carbonyl (C=O) groups is 2. The van der Waals surface area contributed by atoms with E-state index in [-0.39, 0.29) is 0 Å². The normalized spacial score (nSPS) is 15.0. The predicted molar refractivity (Wildman–Crippen MR) is 93.9 cm³/mol. The third-order valence-electron chi connectivity index (χ3n) is 4.41. The molecular weight excluding hydrogens is 304 g/mol. The van der Waals surface area contributed by atoms with Crippen molar-refractivity contribution < 1.29 is 19.8 Å². The molecule has 0 radical (unpaired) electrons. The number of carbonyl (C=O) groups excluding carboxylic acids is 2. The van der Waals surface area contributed by atoms with Gasteiger partial charge in [-0.1, -0.05) is 25.5 Å². The Morgan fingerprint density at radius 1 is 1.12 bits per heavy atom. The SMILES string of the molecule is CCCCc1ccc(NC(=O)C(=O)NCC[NH+]2CC[NH2+]CC2)cc1. The zero-order valence-corrected chi connectivity index (χ0v) is 14.6. The van der Waals surface area contributed by atoms with Crippen molar-refractivity contribution >= 4 is 17.5 Å². The van der Waals surface area contributed by atoms with Crippen LogP contribution in [0.5, 0.6) is 0 Å². The Morgan fingerprint density at radius 3 is 2.50 bits per heavy atom. The molecule has 1 saturated heterocycles. The van der Waals surface area contributed by atoms with Crippen molar-refractivity contribution in [1.82, 2.24) is 5.32 Å². The Morgan fingerprint density at radius 2 is 1.83 bits per heavy atom. The van der Waals surface area contributed by atoms with E-state index in [9.17, 15) is 9.59 Å². The molecule has 5 N–H and O–H groups in total. The summed E-state index contributed by atoms with van der Waals surface area (Å²) in [5, 5.41) is 7.67. The molecule has 6 nitrogen and oxygen atoms in total. The van der Waals surface area contributed by atoms with Gasteiger partial charge in [-0.3, -0.25) is 9.59 Å². The van der Waals surface area contributed by atoms with Gasteiger partial charge in [-0.2, -0.15) is 0 Å². The number of nitrogens with one attached hydrogen (secondary N) is 3. The molecule has 1 fully saturated rings. The molecule has 0 spiro atoms. The van der Waals surface area contributed by atoms with Crippen LogP contribution in [0.1, 0.15) is 25.3 Å². The third-order valence-corrected chi connectivity index (χ3v) is 4.41. The molecular formula is C18H30N4O2+2. The quantitative estimate of drug-likeness (QED) is 0.460. The van der Waals surface area contributed by atoms with Crippen molar-refractivity contribution in [3.05, 3.63) is 29.8 Å². The first-order valence-electron chi connectivity index (χ1n) is 9.02. The van der Waals surface area contributed by atoms with Crippen molar-refractivity contribution in [3.63, 3.8) is 0 Å². The van der Waals surface area contributed by atoms with E-state index < -0.39 is 11.8 Å². The van der Waals surface area contributed by atoms with Gasteiger partial charge in [-0.15, -0.1) is 0 Å². The average Bonchev–Trinajstić information content (AvgIpc) is 2.62. The molecule has 0 saturated carbocycles. The lowest BCUT2D eigenvalue weighted by Gasteiger charge is -2.22. The third kappa shape index (κ3) is 6.29. The maximum atomic E-state index is 11.9. The Kier molecular flexibility index (Phi) is 7.71. The van der Waals surface area contributed by atoms with E-state index in [0.717, 1.165) is 52.0 Å². The Bertz CT molecular complexity index is 524. The van der Waals surface area contributed by atoms with Crippen LogP contribution in [-0.2, 0) is 16.0 Å². The Balaban J connectivity index is 1.69. The van der Waals surface area contributed by atoms with E-state index in [1.807, 2.05) is 24.3 Å². The first-order valence-corrected chi connectivity index (χ1v) is 9.02. The van der Waals surface area contributed by atoms with E-state index in [1.165, 1.54) is 10.5 Å². The van der Waals surface area contributed by atoms with Gasteiger partial charge in [0.15, 0.2) is 0 Å². The van der Waals surface area contributed by atoms with Crippen LogP contribution in [0.3, 0.4) is 0 Å². The number of hydrogen-bond acceptors (Lipinski definition) is 2. The van der Waals surface area contributed by atoms with Gasteiger partial charge in [0.05, 0.1) is 13.1 Å². The van der Waals surface area contributed by atoms with Crippen molar-refractivity contribution in [1.29, 1.82) is 0 Å². The molecule has 1 heterocycles. The molecule has 6 heteroatoms. The largest absolute Gasteiger partial charge is 0.342 e. The number of benzene rings is 1. The highest BCUT2D eigenvalue weighted by Crippen LogP contribution is 2.11. The highest BCUT2D eigenvalue weighted by atomic mass is 16.2. The molecule has 2 rings (SSSR count). The summed E-state index contributed by atoms with van der Waals surface area (Å²) < 4.78 is 0. The maximum absolute atomic E-state index is 11.9. The lowest BCUT2D eigenvalue weighted by Crippen LogP contribution is -3.21. The maximum Gasteiger partial charge on any atom is 0.313 e. The van der Waals surface area contributed by atoms with E-state index in [4.69, 9.17) is 0 Å². The molecule has 1 aromatic carbocycles. The van der Waals surface area contributed by atoms with Crippen LogP contribution in [0.15, 0.2) is 24.3 Å². The van der Waals surface area contributed by atoms with Gasteiger partial charge >= 0.3 is 11.8 Å². The minimum absolute atomic E-state index is 0.539. The Hall–Kier alpha value is -1.92. The number of nitrogens with two attached hydrogens (primary N) is 1. The van der Waals surface area contributed by atoms with Gasteiger partial charge in [0.25, 0.3) is 0 Å². The summed E-state index contributed by atoms with van der Waals surface area (Å²) in [5.74, 6) is -1.16. The van der Waals surface area contributed by atoms with E-state index in [1.54, 1.807) is 0 Å². The standard InChI is InChI=1S/C18H28N4O2/c1-2-3-4-15-5-7-16(8-6-15)21-18(24)17(23)20-11-14-22-12-9-19-10-13-22/h5-8,19H,2-4,9-14H2,1H3,(H,20,23)(H,21,24)/p+2. The Labute approximate surface area is 144 Å².